The van der Waals surface area contributed by atoms with Crippen LogP contribution in [-0.4, -0.2) is 31.5 Å². The Balaban J connectivity index is 2.37. The van der Waals surface area contributed by atoms with Crippen molar-refractivity contribution in [3.05, 3.63) is 40.9 Å². The first kappa shape index (κ1) is 14.5. The molecule has 0 aliphatic rings. The lowest BCUT2D eigenvalue weighted by atomic mass is 10.2. The van der Waals surface area contributed by atoms with Crippen LogP contribution in [0.15, 0.2) is 34.5 Å². The third-order valence-electron chi connectivity index (χ3n) is 2.64. The van der Waals surface area contributed by atoms with Crippen LogP contribution in [0.5, 0.6) is 0 Å². The van der Waals surface area contributed by atoms with E-state index in [-0.39, 0.29) is 10.5 Å². The zero-order valence-electron chi connectivity index (χ0n) is 10.8. The number of hydrogen-bond acceptors (Lipinski definition) is 5. The van der Waals surface area contributed by atoms with Gasteiger partial charge in [-0.2, -0.15) is 0 Å². The number of aryl methyl sites for hydroxylation is 1. The van der Waals surface area contributed by atoms with E-state index >= 15 is 0 Å². The number of carbonyl (C=O) groups is 1. The summed E-state index contributed by atoms with van der Waals surface area (Å²) >= 11 is 1.23. The van der Waals surface area contributed by atoms with Gasteiger partial charge in [-0.1, -0.05) is 0 Å². The van der Waals surface area contributed by atoms with Gasteiger partial charge in [0.1, 0.15) is 0 Å². The highest BCUT2D eigenvalue weighted by Crippen LogP contribution is 2.25. The lowest BCUT2D eigenvalue weighted by Gasteiger charge is -2.16. The molecule has 1 heterocycles. The molecule has 0 bridgehead atoms. The third kappa shape index (κ3) is 2.66. The van der Waals surface area contributed by atoms with E-state index in [9.17, 15) is 13.2 Å². The maximum atomic E-state index is 12.4. The highest BCUT2D eigenvalue weighted by atomic mass is 32.2. The fourth-order valence-electron chi connectivity index (χ4n) is 1.52. The van der Waals surface area contributed by atoms with Gasteiger partial charge in [0.2, 0.25) is 0 Å². The van der Waals surface area contributed by atoms with Crippen LogP contribution < -0.4 is 4.31 Å². The fraction of sp³-hybridized carbons (Fsp3) is 0.167. The van der Waals surface area contributed by atoms with Crippen LogP contribution in [0.1, 0.15) is 16.1 Å². The van der Waals surface area contributed by atoms with Gasteiger partial charge in [0.25, 0.3) is 10.0 Å². The van der Waals surface area contributed by atoms with Crippen LogP contribution in [0.25, 0.3) is 0 Å². The predicted octanol–water partition coefficient (Wildman–Crippen LogP) is 1.97. The van der Waals surface area contributed by atoms with Crippen molar-refractivity contribution in [2.75, 3.05) is 11.4 Å². The van der Waals surface area contributed by atoms with E-state index in [2.05, 4.69) is 4.98 Å². The first-order chi connectivity index (χ1) is 9.32. The number of thiazole rings is 1. The minimum atomic E-state index is -3.73. The number of carboxylic acid groups (broad SMARTS) is 1. The molecule has 0 unspecified atom stereocenters. The summed E-state index contributed by atoms with van der Waals surface area (Å²) < 4.78 is 25.8. The Kier molecular flexibility index (Phi) is 3.78. The molecule has 0 radical (unpaired) electrons. The van der Waals surface area contributed by atoms with Crippen LogP contribution >= 0.6 is 11.3 Å². The Hall–Kier alpha value is -1.93. The van der Waals surface area contributed by atoms with Crippen LogP contribution in [0, 0.1) is 6.92 Å². The number of benzene rings is 1. The second-order valence-electron chi connectivity index (χ2n) is 4.07. The predicted molar refractivity (Wildman–Crippen MR) is 75.8 cm³/mol. The summed E-state index contributed by atoms with van der Waals surface area (Å²) in [7, 11) is -2.32. The number of anilines is 1. The Bertz CT molecular complexity index is 735. The summed E-state index contributed by atoms with van der Waals surface area (Å²) in [5.74, 6) is -1.10. The number of aromatic nitrogens is 1. The Morgan fingerprint density at radius 3 is 2.35 bits per heavy atom. The average molecular weight is 312 g/mol. The van der Waals surface area contributed by atoms with Crippen molar-refractivity contribution >= 4 is 32.5 Å². The summed E-state index contributed by atoms with van der Waals surface area (Å²) in [6.07, 6.45) is 0. The van der Waals surface area contributed by atoms with Gasteiger partial charge < -0.3 is 5.11 Å². The highest BCUT2D eigenvalue weighted by Gasteiger charge is 2.23. The number of hydrogen-bond donors (Lipinski definition) is 1. The molecule has 2 aromatic rings. The number of aromatic carboxylic acids is 1. The monoisotopic (exact) mass is 312 g/mol. The molecule has 0 aliphatic carbocycles. The summed E-state index contributed by atoms with van der Waals surface area (Å²) in [6, 6.07) is 5.07. The molecule has 1 aromatic heterocycles. The van der Waals surface area contributed by atoms with Gasteiger partial charge in [0.15, 0.2) is 5.13 Å². The van der Waals surface area contributed by atoms with Crippen molar-refractivity contribution in [2.45, 2.75) is 11.8 Å². The number of nitrogens with zero attached hydrogens (tertiary/aromatic N) is 2. The molecule has 0 saturated heterocycles. The van der Waals surface area contributed by atoms with Crippen molar-refractivity contribution in [1.82, 2.24) is 4.98 Å². The molecule has 20 heavy (non-hydrogen) atoms. The van der Waals surface area contributed by atoms with Crippen LogP contribution in [0.3, 0.4) is 0 Å². The van der Waals surface area contributed by atoms with Crippen LogP contribution in [0.2, 0.25) is 0 Å². The molecule has 0 amide bonds. The molecule has 0 spiro atoms. The summed E-state index contributed by atoms with van der Waals surface area (Å²) in [6.45, 7) is 1.78. The smallest absolute Gasteiger partial charge is 0.335 e. The quantitative estimate of drug-likeness (QED) is 0.932. The molecule has 6 nitrogen and oxygen atoms in total. The topological polar surface area (TPSA) is 87.6 Å². The molecule has 0 fully saturated rings. The molecular formula is C12H12N2O4S2. The second-order valence-corrected chi connectivity index (χ2v) is 6.88. The van der Waals surface area contributed by atoms with Gasteiger partial charge in [-0.25, -0.2) is 22.5 Å². The molecule has 8 heteroatoms. The maximum absolute atomic E-state index is 12.4. The van der Waals surface area contributed by atoms with Crippen molar-refractivity contribution < 1.29 is 18.3 Å². The molecule has 106 valence electrons. The first-order valence-electron chi connectivity index (χ1n) is 5.57. The van der Waals surface area contributed by atoms with Crippen molar-refractivity contribution in [3.63, 3.8) is 0 Å². The van der Waals surface area contributed by atoms with E-state index in [0.717, 1.165) is 10.00 Å². The molecule has 1 N–H and O–H groups in total. The van der Waals surface area contributed by atoms with E-state index < -0.39 is 16.0 Å². The summed E-state index contributed by atoms with van der Waals surface area (Å²) in [5.41, 5.74) is 0.782. The maximum Gasteiger partial charge on any atom is 0.335 e. The SMILES string of the molecule is Cc1csc(N(C)S(=O)(=O)c2ccc(C(=O)O)cc2)n1. The Labute approximate surface area is 120 Å². The van der Waals surface area contributed by atoms with E-state index in [1.165, 1.54) is 42.6 Å². The summed E-state index contributed by atoms with van der Waals surface area (Å²) in [4.78, 5) is 14.9. The molecule has 0 atom stereocenters. The zero-order valence-corrected chi connectivity index (χ0v) is 12.4. The number of rotatable bonds is 4. The van der Waals surface area contributed by atoms with Gasteiger partial charge in [0, 0.05) is 12.4 Å². The third-order valence-corrected chi connectivity index (χ3v) is 5.55. The van der Waals surface area contributed by atoms with Crippen molar-refractivity contribution in [2.24, 2.45) is 0 Å². The van der Waals surface area contributed by atoms with Gasteiger partial charge >= 0.3 is 5.97 Å². The molecule has 0 saturated carbocycles. The van der Waals surface area contributed by atoms with Crippen molar-refractivity contribution in [3.8, 4) is 0 Å². The van der Waals surface area contributed by atoms with Gasteiger partial charge in [-0.15, -0.1) is 11.3 Å². The lowest BCUT2D eigenvalue weighted by Crippen LogP contribution is -2.26. The van der Waals surface area contributed by atoms with Crippen molar-refractivity contribution in [1.29, 1.82) is 0 Å². The number of sulfonamides is 1. The van der Waals surface area contributed by atoms with Gasteiger partial charge in [-0.3, -0.25) is 0 Å². The van der Waals surface area contributed by atoms with Crippen LogP contribution in [0.4, 0.5) is 5.13 Å². The van der Waals surface area contributed by atoms with E-state index in [0.29, 0.717) is 5.13 Å². The fourth-order valence-corrected chi connectivity index (χ4v) is 3.66. The highest BCUT2D eigenvalue weighted by molar-refractivity contribution is 7.93. The molecule has 1 aromatic carbocycles. The van der Waals surface area contributed by atoms with Gasteiger partial charge in [-0.05, 0) is 31.2 Å². The second kappa shape index (κ2) is 5.22. The van der Waals surface area contributed by atoms with Gasteiger partial charge in [0.05, 0.1) is 16.2 Å². The Morgan fingerprint density at radius 1 is 1.30 bits per heavy atom. The molecular weight excluding hydrogens is 300 g/mol. The minimum Gasteiger partial charge on any atom is -0.478 e. The lowest BCUT2D eigenvalue weighted by molar-refractivity contribution is 0.0697. The zero-order chi connectivity index (χ0) is 14.9. The average Bonchev–Trinajstić information content (AvgIpc) is 2.84. The molecule has 2 rings (SSSR count). The minimum absolute atomic E-state index is 0.0258. The Morgan fingerprint density at radius 2 is 1.90 bits per heavy atom. The summed E-state index contributed by atoms with van der Waals surface area (Å²) in [5, 5.41) is 10.9. The number of carboxylic acids is 1. The van der Waals surface area contributed by atoms with E-state index in [1.54, 1.807) is 12.3 Å². The van der Waals surface area contributed by atoms with Crippen LogP contribution in [-0.2, 0) is 10.0 Å². The normalized spacial score (nSPS) is 11.3. The molecule has 0 aliphatic heterocycles. The standard InChI is InChI=1S/C12H12N2O4S2/c1-8-7-19-12(13-8)14(2)20(17,18)10-5-3-9(4-6-10)11(15)16/h3-7H,1-2H3,(H,15,16). The van der Waals surface area contributed by atoms with E-state index in [1.807, 2.05) is 0 Å². The van der Waals surface area contributed by atoms with E-state index in [4.69, 9.17) is 5.11 Å². The first-order valence-corrected chi connectivity index (χ1v) is 7.89. The largest absolute Gasteiger partial charge is 0.478 e.